The summed E-state index contributed by atoms with van der Waals surface area (Å²) in [6.07, 6.45) is 11.8. The van der Waals surface area contributed by atoms with Crippen LogP contribution in [0.5, 0.6) is 0 Å². The van der Waals surface area contributed by atoms with E-state index >= 15 is 0 Å². The third kappa shape index (κ3) is 8.32. The number of aromatic nitrogens is 2. The van der Waals surface area contributed by atoms with Crippen molar-refractivity contribution in [2.75, 3.05) is 38.0 Å². The minimum absolute atomic E-state index is 0.184. The molecule has 0 aromatic carbocycles. The molecule has 1 aromatic rings. The number of hydrogen-bond donors (Lipinski definition) is 1. The van der Waals surface area contributed by atoms with Crippen molar-refractivity contribution in [3.05, 3.63) is 18.0 Å². The molecular weight excluding hydrogens is 410 g/mol. The van der Waals surface area contributed by atoms with Crippen LogP contribution in [0.15, 0.2) is 12.4 Å². The molecule has 186 valence electrons. The number of ketones is 1. The third-order valence-electron chi connectivity index (χ3n) is 7.52. The van der Waals surface area contributed by atoms with Crippen molar-refractivity contribution in [1.82, 2.24) is 19.8 Å². The van der Waals surface area contributed by atoms with E-state index in [4.69, 9.17) is 0 Å². The Hall–Kier alpha value is -1.53. The fraction of sp³-hybridized carbons (Fsp3) is 0.815. The Kier molecular flexibility index (Phi) is 10.1. The van der Waals surface area contributed by atoms with Crippen LogP contribution >= 0.6 is 0 Å². The summed E-state index contributed by atoms with van der Waals surface area (Å²) in [5, 5.41) is 3.59. The molecule has 6 nitrogen and oxygen atoms in total. The van der Waals surface area contributed by atoms with Crippen LogP contribution in [0.3, 0.4) is 0 Å². The van der Waals surface area contributed by atoms with Gasteiger partial charge in [-0.3, -0.25) is 9.69 Å². The van der Waals surface area contributed by atoms with Gasteiger partial charge in [-0.2, -0.15) is 0 Å². The van der Waals surface area contributed by atoms with Gasteiger partial charge in [0, 0.05) is 49.9 Å². The van der Waals surface area contributed by atoms with Gasteiger partial charge in [-0.25, -0.2) is 9.97 Å². The molecule has 2 saturated heterocycles. The average Bonchev–Trinajstić information content (AvgIpc) is 2.79. The highest BCUT2D eigenvalue weighted by molar-refractivity contribution is 5.80. The van der Waals surface area contributed by atoms with Crippen LogP contribution < -0.4 is 5.32 Å². The van der Waals surface area contributed by atoms with Gasteiger partial charge in [0.15, 0.2) is 0 Å². The Morgan fingerprint density at radius 1 is 1.06 bits per heavy atom. The molecule has 6 heteroatoms. The first-order valence-electron chi connectivity index (χ1n) is 13.4. The first-order chi connectivity index (χ1) is 15.8. The molecule has 2 aliphatic rings. The third-order valence-corrected chi connectivity index (χ3v) is 7.52. The fourth-order valence-electron chi connectivity index (χ4n) is 5.31. The zero-order chi connectivity index (χ0) is 23.8. The highest BCUT2D eigenvalue weighted by Gasteiger charge is 2.27. The predicted octanol–water partition coefficient (Wildman–Crippen LogP) is 4.97. The van der Waals surface area contributed by atoms with Crippen molar-refractivity contribution >= 4 is 11.7 Å². The van der Waals surface area contributed by atoms with Crippen LogP contribution in [0.4, 0.5) is 5.95 Å². The summed E-state index contributed by atoms with van der Waals surface area (Å²) >= 11 is 0. The smallest absolute Gasteiger partial charge is 0.222 e. The number of anilines is 1. The summed E-state index contributed by atoms with van der Waals surface area (Å²) < 4.78 is 0. The van der Waals surface area contributed by atoms with E-state index in [1.165, 1.54) is 37.8 Å². The molecule has 1 N–H and O–H groups in total. The normalized spacial score (nSPS) is 23.4. The Bertz CT molecular complexity index is 712. The number of hydrogen-bond acceptors (Lipinski definition) is 6. The number of rotatable bonds is 11. The maximum absolute atomic E-state index is 11.7. The molecule has 0 radical (unpaired) electrons. The second-order valence-electron chi connectivity index (χ2n) is 11.1. The molecule has 0 aliphatic carbocycles. The highest BCUT2D eigenvalue weighted by atomic mass is 16.1. The Labute approximate surface area is 201 Å². The minimum atomic E-state index is 0.184. The van der Waals surface area contributed by atoms with Crippen LogP contribution in [0.1, 0.15) is 91.0 Å². The lowest BCUT2D eigenvalue weighted by Crippen LogP contribution is -2.48. The Morgan fingerprint density at radius 3 is 2.39 bits per heavy atom. The maximum atomic E-state index is 11.7. The predicted molar refractivity (Wildman–Crippen MR) is 137 cm³/mol. The van der Waals surface area contributed by atoms with E-state index < -0.39 is 0 Å². The van der Waals surface area contributed by atoms with E-state index in [0.717, 1.165) is 51.4 Å². The van der Waals surface area contributed by atoms with Gasteiger partial charge in [0.2, 0.25) is 5.95 Å². The van der Waals surface area contributed by atoms with Gasteiger partial charge in [-0.15, -0.1) is 0 Å². The van der Waals surface area contributed by atoms with E-state index in [2.05, 4.69) is 45.9 Å². The fourth-order valence-corrected chi connectivity index (χ4v) is 5.31. The number of piperidine rings is 2. The lowest BCUT2D eigenvalue weighted by molar-refractivity contribution is -0.122. The van der Waals surface area contributed by atoms with Gasteiger partial charge in [0.1, 0.15) is 5.78 Å². The highest BCUT2D eigenvalue weighted by Crippen LogP contribution is 2.28. The van der Waals surface area contributed by atoms with Gasteiger partial charge in [-0.1, -0.05) is 27.2 Å². The minimum Gasteiger partial charge on any atom is -0.350 e. The SMILES string of the molecule is CC1CC(Nc2ncc(C3CCN(CCCCCC(=O)C(C)C)CC3)cn2)CN(C(C)C)C1. The zero-order valence-electron chi connectivity index (χ0n) is 21.7. The molecule has 33 heavy (non-hydrogen) atoms. The van der Waals surface area contributed by atoms with Crippen molar-refractivity contribution in [2.45, 2.75) is 97.6 Å². The molecule has 3 rings (SSSR count). The monoisotopic (exact) mass is 457 g/mol. The Morgan fingerprint density at radius 2 is 1.76 bits per heavy atom. The molecular formula is C27H47N5O. The second-order valence-corrected chi connectivity index (χ2v) is 11.1. The molecule has 2 atom stereocenters. The molecule has 0 amide bonds. The molecule has 0 saturated carbocycles. The number of unbranched alkanes of at least 4 members (excludes halogenated alkanes) is 2. The van der Waals surface area contributed by atoms with Gasteiger partial charge >= 0.3 is 0 Å². The Balaban J connectivity index is 1.37. The van der Waals surface area contributed by atoms with Gasteiger partial charge in [-0.05, 0) is 83.0 Å². The van der Waals surface area contributed by atoms with Gasteiger partial charge in [0.25, 0.3) is 0 Å². The maximum Gasteiger partial charge on any atom is 0.222 e. The van der Waals surface area contributed by atoms with Crippen LogP contribution in [-0.2, 0) is 4.79 Å². The van der Waals surface area contributed by atoms with E-state index in [9.17, 15) is 4.79 Å². The van der Waals surface area contributed by atoms with Crippen LogP contribution in [0.2, 0.25) is 0 Å². The van der Waals surface area contributed by atoms with E-state index in [0.29, 0.717) is 29.7 Å². The van der Waals surface area contributed by atoms with Crippen LogP contribution in [0.25, 0.3) is 0 Å². The number of nitrogens with zero attached hydrogens (tertiary/aromatic N) is 4. The second kappa shape index (κ2) is 12.8. The average molecular weight is 458 g/mol. The summed E-state index contributed by atoms with van der Waals surface area (Å²) in [6, 6.07) is 1.01. The summed E-state index contributed by atoms with van der Waals surface area (Å²) in [5.74, 6) is 2.64. The lowest BCUT2D eigenvalue weighted by atomic mass is 9.91. The first-order valence-corrected chi connectivity index (χ1v) is 13.4. The summed E-state index contributed by atoms with van der Waals surface area (Å²) in [7, 11) is 0. The summed E-state index contributed by atoms with van der Waals surface area (Å²) in [5.41, 5.74) is 1.29. The standard InChI is InChI=1S/C27H47N5O/c1-20(2)26(33)9-7-6-8-12-31-13-10-23(11-14-31)24-16-28-27(29-17-24)30-25-15-22(5)18-32(19-25)21(3)4/h16-17,20-23,25H,6-15,18-19H2,1-5H3,(H,28,29,30). The van der Waals surface area contributed by atoms with E-state index in [1.54, 1.807) is 0 Å². The molecule has 0 bridgehead atoms. The van der Waals surface area contributed by atoms with Gasteiger partial charge in [0.05, 0.1) is 0 Å². The number of carbonyl (C=O) groups excluding carboxylic acids is 1. The number of Topliss-reactive ketones (excluding diaryl/α,β-unsaturated/α-hetero) is 1. The largest absolute Gasteiger partial charge is 0.350 e. The van der Waals surface area contributed by atoms with E-state index in [1.807, 2.05) is 26.2 Å². The molecule has 1 aromatic heterocycles. The molecule has 2 unspecified atom stereocenters. The molecule has 3 heterocycles. The van der Waals surface area contributed by atoms with Crippen LogP contribution in [-0.4, -0.2) is 70.4 Å². The molecule has 2 aliphatic heterocycles. The summed E-state index contributed by atoms with van der Waals surface area (Å²) in [6.45, 7) is 16.6. The molecule has 0 spiro atoms. The number of likely N-dealkylation sites (tertiary alicyclic amines) is 2. The van der Waals surface area contributed by atoms with Crippen molar-refractivity contribution in [1.29, 1.82) is 0 Å². The summed E-state index contributed by atoms with van der Waals surface area (Å²) in [4.78, 5) is 26.2. The van der Waals surface area contributed by atoms with Crippen molar-refractivity contribution < 1.29 is 4.79 Å². The van der Waals surface area contributed by atoms with Crippen molar-refractivity contribution in [3.63, 3.8) is 0 Å². The van der Waals surface area contributed by atoms with E-state index in [-0.39, 0.29) is 5.92 Å². The topological polar surface area (TPSA) is 61.4 Å². The number of carbonyl (C=O) groups is 1. The number of nitrogens with one attached hydrogen (secondary N) is 1. The van der Waals surface area contributed by atoms with Crippen molar-refractivity contribution in [2.24, 2.45) is 11.8 Å². The quantitative estimate of drug-likeness (QED) is 0.473. The van der Waals surface area contributed by atoms with Crippen molar-refractivity contribution in [3.8, 4) is 0 Å². The first kappa shape index (κ1) is 26.1. The lowest BCUT2D eigenvalue weighted by Gasteiger charge is -2.39. The van der Waals surface area contributed by atoms with Crippen LogP contribution in [0, 0.1) is 11.8 Å². The van der Waals surface area contributed by atoms with Gasteiger partial charge < -0.3 is 10.2 Å². The molecule has 2 fully saturated rings. The zero-order valence-corrected chi connectivity index (χ0v) is 21.7.